The van der Waals surface area contributed by atoms with Crippen molar-refractivity contribution in [3.8, 4) is 5.75 Å². The van der Waals surface area contributed by atoms with Gasteiger partial charge in [0.25, 0.3) is 0 Å². The Morgan fingerprint density at radius 2 is 1.74 bits per heavy atom. The van der Waals surface area contributed by atoms with Crippen LogP contribution in [0, 0.1) is 6.92 Å². The number of carbonyl (C=O) groups excluding carboxylic acids is 2. The number of anilines is 1. The number of rotatable bonds is 6. The summed E-state index contributed by atoms with van der Waals surface area (Å²) in [6, 6.07) is 13.0. The van der Waals surface area contributed by atoms with Gasteiger partial charge in [0.1, 0.15) is 5.75 Å². The Kier molecular flexibility index (Phi) is 7.90. The van der Waals surface area contributed by atoms with Crippen LogP contribution in [0.4, 0.5) is 5.69 Å². The van der Waals surface area contributed by atoms with Crippen molar-refractivity contribution >= 4 is 29.1 Å². The molecule has 1 saturated heterocycles. The largest absolute Gasteiger partial charge is 0.497 e. The van der Waals surface area contributed by atoms with Gasteiger partial charge < -0.3 is 20.3 Å². The number of methoxy groups -OCH3 is 1. The van der Waals surface area contributed by atoms with E-state index in [1.54, 1.807) is 25.3 Å². The second kappa shape index (κ2) is 10.6. The second-order valence-electron chi connectivity index (χ2n) is 7.75. The van der Waals surface area contributed by atoms with E-state index in [9.17, 15) is 9.59 Å². The Morgan fingerprint density at radius 3 is 2.39 bits per heavy atom. The normalized spacial score (nSPS) is 15.9. The number of benzene rings is 2. The van der Waals surface area contributed by atoms with Gasteiger partial charge in [-0.1, -0.05) is 29.8 Å². The average Bonchev–Trinajstić information content (AvgIpc) is 2.77. The van der Waals surface area contributed by atoms with E-state index in [1.165, 1.54) is 0 Å². The summed E-state index contributed by atoms with van der Waals surface area (Å²) in [5.74, 6) is -0.606. The Bertz CT molecular complexity index is 912. The van der Waals surface area contributed by atoms with Gasteiger partial charge >= 0.3 is 11.8 Å². The zero-order valence-corrected chi connectivity index (χ0v) is 18.9. The van der Waals surface area contributed by atoms with Crippen LogP contribution in [0.25, 0.3) is 0 Å². The first-order valence-corrected chi connectivity index (χ1v) is 10.7. The molecule has 0 radical (unpaired) electrons. The predicted molar refractivity (Wildman–Crippen MR) is 123 cm³/mol. The first-order valence-electron chi connectivity index (χ1n) is 10.3. The molecule has 1 heterocycles. The molecule has 0 bridgehead atoms. The molecule has 2 aromatic carbocycles. The summed E-state index contributed by atoms with van der Waals surface area (Å²) in [5.41, 5.74) is 2.43. The summed E-state index contributed by atoms with van der Waals surface area (Å²) in [7, 11) is 3.73. The first-order chi connectivity index (χ1) is 14.9. The molecule has 2 amide bonds. The first kappa shape index (κ1) is 23.1. The maximum Gasteiger partial charge on any atom is 0.313 e. The lowest BCUT2D eigenvalue weighted by Gasteiger charge is -2.38. The molecule has 0 saturated carbocycles. The molecule has 7 nitrogen and oxygen atoms in total. The lowest BCUT2D eigenvalue weighted by atomic mass is 10.0. The van der Waals surface area contributed by atoms with Crippen LogP contribution >= 0.6 is 11.6 Å². The summed E-state index contributed by atoms with van der Waals surface area (Å²) in [6.45, 7) is 5.85. The second-order valence-corrected chi connectivity index (χ2v) is 8.19. The summed E-state index contributed by atoms with van der Waals surface area (Å²) in [4.78, 5) is 29.5. The average molecular weight is 445 g/mol. The molecule has 2 N–H and O–H groups in total. The standard InChI is InChI=1S/C23H29ClN4O3/c1-16-4-7-18(24)14-20(16)26-23(30)22(29)25-15-21(28-12-10-27(2)11-13-28)17-5-8-19(31-3)9-6-17/h4-9,14,21H,10-13,15H2,1-3H3,(H,25,29)(H,26,30)/t21-/m1/s1. The quantitative estimate of drug-likeness (QED) is 0.670. The monoisotopic (exact) mass is 444 g/mol. The van der Waals surface area contributed by atoms with Gasteiger partial charge in [-0.15, -0.1) is 0 Å². The van der Waals surface area contributed by atoms with Crippen molar-refractivity contribution in [3.63, 3.8) is 0 Å². The van der Waals surface area contributed by atoms with Crippen LogP contribution in [0.2, 0.25) is 5.02 Å². The predicted octanol–water partition coefficient (Wildman–Crippen LogP) is 2.70. The van der Waals surface area contributed by atoms with E-state index in [1.807, 2.05) is 31.2 Å². The molecule has 1 atom stereocenters. The molecule has 0 spiro atoms. The van der Waals surface area contributed by atoms with Crippen molar-refractivity contribution in [3.05, 3.63) is 58.6 Å². The highest BCUT2D eigenvalue weighted by atomic mass is 35.5. The Hall–Kier alpha value is -2.61. The molecular weight excluding hydrogens is 416 g/mol. The van der Waals surface area contributed by atoms with Gasteiger partial charge in [0.05, 0.1) is 13.2 Å². The number of piperazine rings is 1. The molecule has 1 fully saturated rings. The topological polar surface area (TPSA) is 73.9 Å². The van der Waals surface area contributed by atoms with E-state index in [-0.39, 0.29) is 6.04 Å². The number of nitrogens with one attached hydrogen (secondary N) is 2. The number of nitrogens with zero attached hydrogens (tertiary/aromatic N) is 2. The van der Waals surface area contributed by atoms with E-state index in [2.05, 4.69) is 27.5 Å². The molecule has 2 aromatic rings. The van der Waals surface area contributed by atoms with Crippen LogP contribution in [-0.2, 0) is 9.59 Å². The van der Waals surface area contributed by atoms with E-state index >= 15 is 0 Å². The summed E-state index contributed by atoms with van der Waals surface area (Å²) < 4.78 is 5.26. The molecule has 8 heteroatoms. The number of likely N-dealkylation sites (N-methyl/N-ethyl adjacent to an activating group) is 1. The number of hydrogen-bond donors (Lipinski definition) is 2. The fourth-order valence-electron chi connectivity index (χ4n) is 3.60. The maximum atomic E-state index is 12.5. The Labute approximate surface area is 188 Å². The van der Waals surface area contributed by atoms with E-state index in [0.717, 1.165) is 43.1 Å². The SMILES string of the molecule is COc1ccc([C@@H](CNC(=O)C(=O)Nc2cc(Cl)ccc2C)N2CCN(C)CC2)cc1. The molecule has 0 unspecified atom stereocenters. The minimum absolute atomic E-state index is 0.0377. The number of halogens is 1. The van der Waals surface area contributed by atoms with Crippen molar-refractivity contribution in [1.82, 2.24) is 15.1 Å². The number of aryl methyl sites for hydroxylation is 1. The number of ether oxygens (including phenoxy) is 1. The van der Waals surface area contributed by atoms with Crippen molar-refractivity contribution in [2.45, 2.75) is 13.0 Å². The third-order valence-corrected chi connectivity index (χ3v) is 5.82. The zero-order valence-electron chi connectivity index (χ0n) is 18.2. The van der Waals surface area contributed by atoms with E-state index in [4.69, 9.17) is 16.3 Å². The van der Waals surface area contributed by atoms with Crippen LogP contribution in [0.3, 0.4) is 0 Å². The molecule has 0 aliphatic carbocycles. The zero-order chi connectivity index (χ0) is 22.4. The highest BCUT2D eigenvalue weighted by Gasteiger charge is 2.25. The third-order valence-electron chi connectivity index (χ3n) is 5.59. The van der Waals surface area contributed by atoms with Gasteiger partial charge in [0.2, 0.25) is 0 Å². The van der Waals surface area contributed by atoms with Crippen LogP contribution in [0.15, 0.2) is 42.5 Å². The lowest BCUT2D eigenvalue weighted by molar-refractivity contribution is -0.136. The Balaban J connectivity index is 1.67. The van der Waals surface area contributed by atoms with Crippen molar-refractivity contribution in [2.24, 2.45) is 0 Å². The van der Waals surface area contributed by atoms with E-state index < -0.39 is 11.8 Å². The van der Waals surface area contributed by atoms with E-state index in [0.29, 0.717) is 17.3 Å². The maximum absolute atomic E-state index is 12.5. The molecule has 31 heavy (non-hydrogen) atoms. The summed E-state index contributed by atoms with van der Waals surface area (Å²) in [6.07, 6.45) is 0. The van der Waals surface area contributed by atoms with Crippen molar-refractivity contribution in [1.29, 1.82) is 0 Å². The van der Waals surface area contributed by atoms with Crippen LogP contribution < -0.4 is 15.4 Å². The number of amides is 2. The lowest BCUT2D eigenvalue weighted by Crippen LogP contribution is -2.49. The molecule has 0 aromatic heterocycles. The van der Waals surface area contributed by atoms with Gasteiger partial charge in [-0.2, -0.15) is 0 Å². The molecule has 1 aliphatic heterocycles. The van der Waals surface area contributed by atoms with Gasteiger partial charge in [0.15, 0.2) is 0 Å². The smallest absolute Gasteiger partial charge is 0.313 e. The minimum Gasteiger partial charge on any atom is -0.497 e. The summed E-state index contributed by atoms with van der Waals surface area (Å²) >= 11 is 6.00. The highest BCUT2D eigenvalue weighted by molar-refractivity contribution is 6.40. The van der Waals surface area contributed by atoms with Crippen LogP contribution in [0.5, 0.6) is 5.75 Å². The van der Waals surface area contributed by atoms with Crippen molar-refractivity contribution in [2.75, 3.05) is 52.2 Å². The van der Waals surface area contributed by atoms with Gasteiger partial charge in [-0.05, 0) is 49.4 Å². The van der Waals surface area contributed by atoms with Crippen LogP contribution in [0.1, 0.15) is 17.2 Å². The fraction of sp³-hybridized carbons (Fsp3) is 0.391. The van der Waals surface area contributed by atoms with Crippen LogP contribution in [-0.4, -0.2) is 68.5 Å². The Morgan fingerprint density at radius 1 is 1.06 bits per heavy atom. The number of hydrogen-bond acceptors (Lipinski definition) is 5. The van der Waals surface area contributed by atoms with Crippen molar-refractivity contribution < 1.29 is 14.3 Å². The van der Waals surface area contributed by atoms with Gasteiger partial charge in [0, 0.05) is 43.4 Å². The molecule has 3 rings (SSSR count). The fourth-order valence-corrected chi connectivity index (χ4v) is 3.77. The number of carbonyl (C=O) groups is 2. The molecular formula is C23H29ClN4O3. The third kappa shape index (κ3) is 6.19. The van der Waals surface area contributed by atoms with Gasteiger partial charge in [-0.25, -0.2) is 0 Å². The highest BCUT2D eigenvalue weighted by Crippen LogP contribution is 2.24. The van der Waals surface area contributed by atoms with Gasteiger partial charge in [-0.3, -0.25) is 14.5 Å². The molecule has 166 valence electrons. The minimum atomic E-state index is -0.711. The summed E-state index contributed by atoms with van der Waals surface area (Å²) in [5, 5.41) is 5.94. The molecule has 1 aliphatic rings.